The van der Waals surface area contributed by atoms with Gasteiger partial charge in [0.15, 0.2) is 0 Å². The molecule has 2 aromatic rings. The topological polar surface area (TPSA) is 102 Å². The zero-order valence-corrected chi connectivity index (χ0v) is 18.0. The molecule has 0 aliphatic carbocycles. The number of amides is 1. The third-order valence-corrected chi connectivity index (χ3v) is 7.55. The summed E-state index contributed by atoms with van der Waals surface area (Å²) in [5.41, 5.74) is 1.20. The van der Waals surface area contributed by atoms with Gasteiger partial charge in [-0.15, -0.1) is 0 Å². The Morgan fingerprint density at radius 2 is 1.65 bits per heavy atom. The molecular weight excluding hydrogens is 424 g/mol. The van der Waals surface area contributed by atoms with Crippen molar-refractivity contribution in [1.29, 1.82) is 0 Å². The van der Waals surface area contributed by atoms with Gasteiger partial charge in [-0.1, -0.05) is 18.2 Å². The van der Waals surface area contributed by atoms with Crippen LogP contribution in [0.1, 0.15) is 17.9 Å². The predicted molar refractivity (Wildman–Crippen MR) is 110 cm³/mol. The van der Waals surface area contributed by atoms with E-state index in [9.17, 15) is 18.0 Å². The molecule has 0 radical (unpaired) electrons. The van der Waals surface area contributed by atoms with Crippen LogP contribution in [0.2, 0.25) is 0 Å². The van der Waals surface area contributed by atoms with Crippen molar-refractivity contribution in [2.45, 2.75) is 29.4 Å². The van der Waals surface area contributed by atoms with Crippen LogP contribution in [0.5, 0.6) is 5.75 Å². The minimum absolute atomic E-state index is 0.0371. The van der Waals surface area contributed by atoms with Crippen LogP contribution in [0.25, 0.3) is 0 Å². The van der Waals surface area contributed by atoms with Crippen molar-refractivity contribution >= 4 is 27.8 Å². The lowest BCUT2D eigenvalue weighted by Crippen LogP contribution is -2.53. The summed E-state index contributed by atoms with van der Waals surface area (Å²) in [5, 5.41) is 0. The molecule has 1 saturated heterocycles. The lowest BCUT2D eigenvalue weighted by Gasteiger charge is -2.34. The number of hydrogen-bond donors (Lipinski definition) is 0. The Kier molecular flexibility index (Phi) is 5.26. The molecule has 1 amide bonds. The molecule has 0 N–H and O–H groups in total. The Balaban J connectivity index is 1.87. The first-order valence-corrected chi connectivity index (χ1v) is 11.0. The van der Waals surface area contributed by atoms with Crippen LogP contribution in [0.15, 0.2) is 53.4 Å². The summed E-state index contributed by atoms with van der Waals surface area (Å²) in [5.74, 6) is -0.520. The number of nitrogens with zero attached hydrogens (tertiary/aromatic N) is 2. The van der Waals surface area contributed by atoms with E-state index in [4.69, 9.17) is 14.2 Å². The highest BCUT2D eigenvalue weighted by atomic mass is 32.2. The van der Waals surface area contributed by atoms with Crippen molar-refractivity contribution < 1.29 is 32.2 Å². The Morgan fingerprint density at radius 1 is 0.968 bits per heavy atom. The summed E-state index contributed by atoms with van der Waals surface area (Å²) in [6.07, 6.45) is -1.54. The molecule has 2 aliphatic rings. The van der Waals surface area contributed by atoms with Crippen molar-refractivity contribution in [3.05, 3.63) is 54.1 Å². The number of ether oxygens (including phenoxy) is 3. The number of rotatable bonds is 4. The number of sulfonamides is 1. The van der Waals surface area contributed by atoms with Gasteiger partial charge in [0, 0.05) is 5.92 Å². The summed E-state index contributed by atoms with van der Waals surface area (Å²) in [4.78, 5) is 26.3. The van der Waals surface area contributed by atoms with Crippen LogP contribution in [0, 0.1) is 0 Å². The maximum absolute atomic E-state index is 13.7. The average Bonchev–Trinajstić information content (AvgIpc) is 3.33. The summed E-state index contributed by atoms with van der Waals surface area (Å²) >= 11 is 0. The number of benzene rings is 2. The van der Waals surface area contributed by atoms with Gasteiger partial charge >= 0.3 is 12.1 Å². The molecular formula is C21H22N2O7S. The third kappa shape index (κ3) is 3.18. The van der Waals surface area contributed by atoms with Crippen molar-refractivity contribution in [2.75, 3.05) is 25.6 Å². The van der Waals surface area contributed by atoms with Gasteiger partial charge in [0.05, 0.1) is 31.9 Å². The lowest BCUT2D eigenvalue weighted by atomic mass is 9.96. The van der Waals surface area contributed by atoms with E-state index in [1.165, 1.54) is 37.8 Å². The van der Waals surface area contributed by atoms with E-state index in [0.717, 1.165) is 10.5 Å². The van der Waals surface area contributed by atoms with E-state index in [1.54, 1.807) is 30.3 Å². The molecule has 0 spiro atoms. The minimum atomic E-state index is -4.09. The fraction of sp³-hybridized carbons (Fsp3) is 0.333. The molecule has 0 bridgehead atoms. The number of esters is 1. The highest BCUT2D eigenvalue weighted by molar-refractivity contribution is 7.92. The maximum atomic E-state index is 13.7. The summed E-state index contributed by atoms with van der Waals surface area (Å²) in [6.45, 7) is 0. The quantitative estimate of drug-likeness (QED) is 0.664. The van der Waals surface area contributed by atoms with Gasteiger partial charge in [-0.05, 0) is 42.3 Å². The first-order valence-electron chi connectivity index (χ1n) is 9.56. The molecule has 1 fully saturated rings. The van der Waals surface area contributed by atoms with E-state index in [2.05, 4.69) is 0 Å². The first-order chi connectivity index (χ1) is 14.8. The molecule has 164 valence electrons. The smallest absolute Gasteiger partial charge is 0.411 e. The number of carbonyl (C=O) groups excluding carboxylic acids is 2. The molecule has 2 heterocycles. The Labute approximate surface area is 180 Å². The number of hydrogen-bond acceptors (Lipinski definition) is 7. The molecule has 3 atom stereocenters. The summed E-state index contributed by atoms with van der Waals surface area (Å²) in [6, 6.07) is 12.1. The Bertz CT molecular complexity index is 1120. The SMILES string of the molecule is COC(=O)[C@@H]1C[C@H]2c3ccccc3N(S(=O)(=O)c3ccc(OC)cc3)[C@H]2N1C(=O)OC. The number of fused-ring (bicyclic) bond motifs is 3. The number of carbonyl (C=O) groups is 2. The first kappa shape index (κ1) is 21.0. The van der Waals surface area contributed by atoms with E-state index in [0.29, 0.717) is 11.4 Å². The second kappa shape index (κ2) is 7.77. The van der Waals surface area contributed by atoms with Crippen LogP contribution in [-0.2, 0) is 24.3 Å². The van der Waals surface area contributed by atoms with Gasteiger partial charge in [-0.3, -0.25) is 4.90 Å². The Hall–Kier alpha value is -3.27. The molecule has 0 saturated carbocycles. The minimum Gasteiger partial charge on any atom is -0.497 e. The van der Waals surface area contributed by atoms with Crippen molar-refractivity contribution in [3.63, 3.8) is 0 Å². The second-order valence-corrected chi connectivity index (χ2v) is 9.02. The number of likely N-dealkylation sites (tertiary alicyclic amines) is 1. The van der Waals surface area contributed by atoms with Gasteiger partial charge in [0.2, 0.25) is 0 Å². The molecule has 0 aromatic heterocycles. The van der Waals surface area contributed by atoms with E-state index in [-0.39, 0.29) is 11.3 Å². The molecule has 0 unspecified atom stereocenters. The number of anilines is 1. The molecule has 9 nitrogen and oxygen atoms in total. The van der Waals surface area contributed by atoms with Crippen LogP contribution >= 0.6 is 0 Å². The Morgan fingerprint density at radius 3 is 2.26 bits per heavy atom. The van der Waals surface area contributed by atoms with E-state index < -0.39 is 40.2 Å². The van der Waals surface area contributed by atoms with Crippen LogP contribution < -0.4 is 9.04 Å². The van der Waals surface area contributed by atoms with Gasteiger partial charge in [0.1, 0.15) is 18.0 Å². The number of para-hydroxylation sites is 1. The van der Waals surface area contributed by atoms with Crippen molar-refractivity contribution in [2.24, 2.45) is 0 Å². The molecule has 4 rings (SSSR count). The fourth-order valence-corrected chi connectivity index (χ4v) is 6.05. The zero-order chi connectivity index (χ0) is 22.3. The highest BCUT2D eigenvalue weighted by Gasteiger charge is 2.58. The van der Waals surface area contributed by atoms with Crippen LogP contribution in [0.3, 0.4) is 0 Å². The molecule has 31 heavy (non-hydrogen) atoms. The molecule has 2 aliphatic heterocycles. The third-order valence-electron chi connectivity index (χ3n) is 5.75. The standard InChI is InChI=1S/C21H22N2O7S/c1-28-13-8-10-14(11-9-13)31(26,27)23-17-7-5-4-6-15(17)16-12-18(20(24)29-2)22(19(16)23)21(25)30-3/h4-11,16,18-19H,12H2,1-3H3/t16-,18-,19+/m0/s1. The largest absolute Gasteiger partial charge is 0.497 e. The van der Waals surface area contributed by atoms with Gasteiger partial charge < -0.3 is 14.2 Å². The highest BCUT2D eigenvalue weighted by Crippen LogP contribution is 2.52. The lowest BCUT2D eigenvalue weighted by molar-refractivity contribution is -0.145. The maximum Gasteiger partial charge on any atom is 0.411 e. The number of methoxy groups -OCH3 is 3. The summed E-state index contributed by atoms with van der Waals surface area (Å²) < 4.78 is 43.6. The monoisotopic (exact) mass is 446 g/mol. The van der Waals surface area contributed by atoms with Gasteiger partial charge in [-0.25, -0.2) is 22.3 Å². The van der Waals surface area contributed by atoms with Gasteiger partial charge in [-0.2, -0.15) is 0 Å². The predicted octanol–water partition coefficient (Wildman–Crippen LogP) is 2.33. The zero-order valence-electron chi connectivity index (χ0n) is 17.2. The molecule has 2 aromatic carbocycles. The van der Waals surface area contributed by atoms with Crippen molar-refractivity contribution in [3.8, 4) is 5.75 Å². The average molecular weight is 446 g/mol. The van der Waals surface area contributed by atoms with Crippen LogP contribution in [0.4, 0.5) is 10.5 Å². The second-order valence-electron chi connectivity index (χ2n) is 7.21. The fourth-order valence-electron chi connectivity index (χ4n) is 4.38. The van der Waals surface area contributed by atoms with E-state index >= 15 is 0 Å². The summed E-state index contributed by atoms with van der Waals surface area (Å²) in [7, 11) is -0.178. The molecule has 10 heteroatoms. The van der Waals surface area contributed by atoms with Crippen LogP contribution in [-0.4, -0.2) is 58.9 Å². The normalized spacial score (nSPS) is 22.0. The van der Waals surface area contributed by atoms with E-state index in [1.807, 2.05) is 6.07 Å². The van der Waals surface area contributed by atoms with Gasteiger partial charge in [0.25, 0.3) is 10.0 Å². The van der Waals surface area contributed by atoms with Crippen molar-refractivity contribution in [1.82, 2.24) is 4.90 Å².